The molecule has 1 aromatic rings. The summed E-state index contributed by atoms with van der Waals surface area (Å²) in [7, 11) is 0. The first-order valence-corrected chi connectivity index (χ1v) is 4.04. The molecule has 1 heterocycles. The molecular formula is C7H14ClN3. The van der Waals surface area contributed by atoms with Crippen molar-refractivity contribution in [1.29, 1.82) is 0 Å². The van der Waals surface area contributed by atoms with Gasteiger partial charge >= 0.3 is 0 Å². The molecule has 2 N–H and O–H groups in total. The van der Waals surface area contributed by atoms with Crippen molar-refractivity contribution in [3.63, 3.8) is 0 Å². The Morgan fingerprint density at radius 1 is 1.55 bits per heavy atom. The van der Waals surface area contributed by atoms with E-state index in [4.69, 9.17) is 11.6 Å². The van der Waals surface area contributed by atoms with Crippen LogP contribution in [0.3, 0.4) is 0 Å². The molecule has 0 radical (unpaired) electrons. The van der Waals surface area contributed by atoms with Crippen LogP contribution in [0.25, 0.3) is 0 Å². The first-order valence-electron chi connectivity index (χ1n) is 3.66. The summed E-state index contributed by atoms with van der Waals surface area (Å²) >= 11 is 5.29. The zero-order valence-electron chi connectivity index (χ0n) is 6.89. The van der Waals surface area contributed by atoms with Gasteiger partial charge in [-0.1, -0.05) is 13.8 Å². The zero-order chi connectivity index (χ0) is 8.53. The Morgan fingerprint density at radius 2 is 2.18 bits per heavy atom. The number of hydrogen-bond acceptors (Lipinski definition) is 2. The maximum Gasteiger partial charge on any atom is 0.199 e. The summed E-state index contributed by atoms with van der Waals surface area (Å²) < 4.78 is 0. The van der Waals surface area contributed by atoms with Gasteiger partial charge in [0, 0.05) is 12.4 Å². The van der Waals surface area contributed by atoms with Crippen LogP contribution in [0.5, 0.6) is 0 Å². The van der Waals surface area contributed by atoms with Gasteiger partial charge in [-0.15, -0.1) is 0 Å². The fourth-order valence-corrected chi connectivity index (χ4v) is 0.615. The van der Waals surface area contributed by atoms with Crippen molar-refractivity contribution in [2.45, 2.75) is 13.8 Å². The van der Waals surface area contributed by atoms with Gasteiger partial charge in [0.25, 0.3) is 0 Å². The summed E-state index contributed by atoms with van der Waals surface area (Å²) in [6, 6.07) is 0. The maximum absolute atomic E-state index is 5.29. The lowest BCUT2D eigenvalue weighted by Gasteiger charge is -1.86. The molecule has 3 nitrogen and oxygen atoms in total. The molecule has 4 heteroatoms. The molecule has 0 saturated heterocycles. The molecule has 1 rings (SSSR count). The molecule has 1 aromatic heterocycles. The fourth-order valence-electron chi connectivity index (χ4n) is 0.496. The minimum Gasteiger partial charge on any atom is -0.335 e. The third kappa shape index (κ3) is 7.36. The summed E-state index contributed by atoms with van der Waals surface area (Å²) in [5.74, 6) is 0. The van der Waals surface area contributed by atoms with Gasteiger partial charge in [0.05, 0.1) is 0 Å². The van der Waals surface area contributed by atoms with Crippen LogP contribution in [-0.4, -0.2) is 23.1 Å². The van der Waals surface area contributed by atoms with Gasteiger partial charge in [-0.3, -0.25) is 0 Å². The smallest absolute Gasteiger partial charge is 0.199 e. The molecule has 0 aliphatic carbocycles. The van der Waals surface area contributed by atoms with E-state index in [2.05, 4.69) is 29.1 Å². The quantitative estimate of drug-likeness (QED) is 0.718. The molecule has 0 bridgehead atoms. The Hall–Kier alpha value is -0.540. The van der Waals surface area contributed by atoms with E-state index >= 15 is 0 Å². The second kappa shape index (κ2) is 7.57. The summed E-state index contributed by atoms with van der Waals surface area (Å²) in [4.78, 5) is 6.28. The standard InChI is InChI=1S/C4H11N.C3H3ClN2/c1-3-5-4-2;4-3-5-1-2-6-3/h5H,3-4H2,1-2H3;1-2H,(H,5,6). The largest absolute Gasteiger partial charge is 0.335 e. The topological polar surface area (TPSA) is 40.7 Å². The highest BCUT2D eigenvalue weighted by Crippen LogP contribution is 1.92. The Labute approximate surface area is 72.2 Å². The molecular weight excluding hydrogens is 162 g/mol. The van der Waals surface area contributed by atoms with Gasteiger partial charge < -0.3 is 10.3 Å². The monoisotopic (exact) mass is 175 g/mol. The van der Waals surface area contributed by atoms with Crippen molar-refractivity contribution in [2.24, 2.45) is 0 Å². The van der Waals surface area contributed by atoms with Crippen molar-refractivity contribution >= 4 is 11.6 Å². The van der Waals surface area contributed by atoms with Crippen LogP contribution in [0.4, 0.5) is 0 Å². The number of aromatic amines is 1. The Bertz CT molecular complexity index is 149. The molecule has 0 aliphatic rings. The zero-order valence-corrected chi connectivity index (χ0v) is 7.65. The maximum atomic E-state index is 5.29. The molecule has 0 saturated carbocycles. The van der Waals surface area contributed by atoms with Crippen LogP contribution in [-0.2, 0) is 0 Å². The number of imidazole rings is 1. The fraction of sp³-hybridized carbons (Fsp3) is 0.571. The van der Waals surface area contributed by atoms with E-state index in [9.17, 15) is 0 Å². The summed E-state index contributed by atoms with van der Waals surface area (Å²) in [6.45, 7) is 6.39. The number of hydrogen-bond donors (Lipinski definition) is 2. The van der Waals surface area contributed by atoms with E-state index in [1.165, 1.54) is 0 Å². The van der Waals surface area contributed by atoms with Crippen LogP contribution >= 0.6 is 11.6 Å². The summed E-state index contributed by atoms with van der Waals surface area (Å²) in [6.07, 6.45) is 3.27. The van der Waals surface area contributed by atoms with Crippen molar-refractivity contribution in [3.05, 3.63) is 17.7 Å². The van der Waals surface area contributed by atoms with Crippen LogP contribution in [0.1, 0.15) is 13.8 Å². The third-order valence-electron chi connectivity index (χ3n) is 0.965. The molecule has 0 fully saturated rings. The third-order valence-corrected chi connectivity index (χ3v) is 1.17. The van der Waals surface area contributed by atoms with Gasteiger partial charge in [-0.2, -0.15) is 0 Å². The number of halogens is 1. The molecule has 0 aromatic carbocycles. The van der Waals surface area contributed by atoms with Crippen LogP contribution in [0, 0.1) is 0 Å². The SMILES string of the molecule is CCNCC.Clc1ncc[nH]1. The van der Waals surface area contributed by atoms with Crippen molar-refractivity contribution < 1.29 is 0 Å². The summed E-state index contributed by atoms with van der Waals surface area (Å²) in [5.41, 5.74) is 0. The number of rotatable bonds is 2. The average molecular weight is 176 g/mol. The van der Waals surface area contributed by atoms with Crippen molar-refractivity contribution in [1.82, 2.24) is 15.3 Å². The molecule has 0 unspecified atom stereocenters. The molecule has 0 aliphatic heterocycles. The lowest BCUT2D eigenvalue weighted by Crippen LogP contribution is -2.09. The van der Waals surface area contributed by atoms with Crippen molar-refractivity contribution in [3.8, 4) is 0 Å². The molecule has 0 amide bonds. The minimum absolute atomic E-state index is 0.440. The molecule has 64 valence electrons. The van der Waals surface area contributed by atoms with Gasteiger partial charge in [0.2, 0.25) is 0 Å². The Morgan fingerprint density at radius 3 is 2.27 bits per heavy atom. The van der Waals surface area contributed by atoms with E-state index in [-0.39, 0.29) is 0 Å². The number of aromatic nitrogens is 2. The van der Waals surface area contributed by atoms with Gasteiger partial charge in [0.15, 0.2) is 5.28 Å². The number of nitrogens with zero attached hydrogens (tertiary/aromatic N) is 1. The van der Waals surface area contributed by atoms with Crippen molar-refractivity contribution in [2.75, 3.05) is 13.1 Å². The van der Waals surface area contributed by atoms with Gasteiger partial charge in [-0.25, -0.2) is 4.98 Å². The average Bonchev–Trinajstić information content (AvgIpc) is 2.43. The predicted molar refractivity (Wildman–Crippen MR) is 47.8 cm³/mol. The Balaban J connectivity index is 0.000000187. The highest BCUT2D eigenvalue weighted by atomic mass is 35.5. The first-order chi connectivity index (χ1) is 5.31. The second-order valence-electron chi connectivity index (χ2n) is 1.84. The van der Waals surface area contributed by atoms with E-state index in [1.54, 1.807) is 12.4 Å². The second-order valence-corrected chi connectivity index (χ2v) is 2.20. The first kappa shape index (κ1) is 10.5. The van der Waals surface area contributed by atoms with Gasteiger partial charge in [-0.05, 0) is 24.7 Å². The van der Waals surface area contributed by atoms with Crippen LogP contribution < -0.4 is 5.32 Å². The molecule has 0 spiro atoms. The number of nitrogens with one attached hydrogen (secondary N) is 2. The highest BCUT2D eigenvalue weighted by molar-refractivity contribution is 6.28. The van der Waals surface area contributed by atoms with E-state index in [1.807, 2.05) is 0 Å². The van der Waals surface area contributed by atoms with Gasteiger partial charge in [0.1, 0.15) is 0 Å². The van der Waals surface area contributed by atoms with E-state index in [0.717, 1.165) is 13.1 Å². The summed E-state index contributed by atoms with van der Waals surface area (Å²) in [5, 5.41) is 3.55. The van der Waals surface area contributed by atoms with E-state index in [0.29, 0.717) is 5.28 Å². The Kier molecular flexibility index (Phi) is 7.19. The minimum atomic E-state index is 0.440. The van der Waals surface area contributed by atoms with E-state index < -0.39 is 0 Å². The number of H-pyrrole nitrogens is 1. The van der Waals surface area contributed by atoms with Crippen LogP contribution in [0.15, 0.2) is 12.4 Å². The molecule has 11 heavy (non-hydrogen) atoms. The van der Waals surface area contributed by atoms with Crippen LogP contribution in [0.2, 0.25) is 5.28 Å². The lowest BCUT2D eigenvalue weighted by molar-refractivity contribution is 0.762. The highest BCUT2D eigenvalue weighted by Gasteiger charge is 1.77. The lowest BCUT2D eigenvalue weighted by atomic mass is 10.7. The molecule has 0 atom stereocenters. The predicted octanol–water partition coefficient (Wildman–Crippen LogP) is 1.68. The normalized spacial score (nSPS) is 8.64.